The maximum Gasteiger partial charge on any atom is 0.337 e. The number of rotatable bonds is 5. The molecule has 0 atom stereocenters. The molecule has 0 saturated heterocycles. The van der Waals surface area contributed by atoms with E-state index in [-0.39, 0.29) is 22.6 Å². The van der Waals surface area contributed by atoms with Crippen LogP contribution in [0.5, 0.6) is 0 Å². The van der Waals surface area contributed by atoms with Gasteiger partial charge in [0.1, 0.15) is 5.69 Å². The summed E-state index contributed by atoms with van der Waals surface area (Å²) in [6, 6.07) is 2.83. The van der Waals surface area contributed by atoms with Crippen molar-refractivity contribution in [2.45, 2.75) is 32.6 Å². The minimum absolute atomic E-state index is 0.0839. The Labute approximate surface area is 112 Å². The van der Waals surface area contributed by atoms with Crippen molar-refractivity contribution in [3.8, 4) is 0 Å². The van der Waals surface area contributed by atoms with Gasteiger partial charge in [0.15, 0.2) is 0 Å². The van der Waals surface area contributed by atoms with E-state index in [4.69, 9.17) is 5.11 Å². The van der Waals surface area contributed by atoms with E-state index in [9.17, 15) is 9.59 Å². The Balaban J connectivity index is 1.94. The fourth-order valence-corrected chi connectivity index (χ4v) is 2.35. The molecule has 5 heteroatoms. The third kappa shape index (κ3) is 2.92. The number of carboxylic acids is 1. The zero-order chi connectivity index (χ0) is 13.9. The molecule has 2 N–H and O–H groups in total. The Hall–Kier alpha value is -1.91. The van der Waals surface area contributed by atoms with Gasteiger partial charge < -0.3 is 10.4 Å². The van der Waals surface area contributed by atoms with Crippen LogP contribution in [0.1, 0.15) is 53.5 Å². The molecule has 1 fully saturated rings. The highest BCUT2D eigenvalue weighted by molar-refractivity contribution is 5.93. The van der Waals surface area contributed by atoms with Gasteiger partial charge in [0, 0.05) is 12.7 Å². The topological polar surface area (TPSA) is 79.3 Å². The maximum atomic E-state index is 11.9. The number of carboxylic acid groups (broad SMARTS) is 1. The SMILES string of the molecule is CCC1(CNC(=O)c2ccc(C(=O)O)cn2)CCC1. The van der Waals surface area contributed by atoms with Gasteiger partial charge in [0.25, 0.3) is 5.91 Å². The fraction of sp³-hybridized carbons (Fsp3) is 0.500. The van der Waals surface area contributed by atoms with Gasteiger partial charge in [-0.3, -0.25) is 9.78 Å². The summed E-state index contributed by atoms with van der Waals surface area (Å²) >= 11 is 0. The molecule has 1 amide bonds. The summed E-state index contributed by atoms with van der Waals surface area (Å²) < 4.78 is 0. The molecule has 0 radical (unpaired) electrons. The molecule has 0 spiro atoms. The van der Waals surface area contributed by atoms with Crippen LogP contribution in [-0.2, 0) is 0 Å². The molecule has 1 heterocycles. The van der Waals surface area contributed by atoms with Crippen molar-refractivity contribution in [3.05, 3.63) is 29.6 Å². The molecule has 2 rings (SSSR count). The first kappa shape index (κ1) is 13.5. The zero-order valence-corrected chi connectivity index (χ0v) is 11.0. The lowest BCUT2D eigenvalue weighted by molar-refractivity contribution is 0.0695. The minimum Gasteiger partial charge on any atom is -0.478 e. The van der Waals surface area contributed by atoms with Crippen LogP contribution in [0.2, 0.25) is 0 Å². The lowest BCUT2D eigenvalue weighted by atomic mass is 9.67. The summed E-state index contributed by atoms with van der Waals surface area (Å²) in [5, 5.41) is 11.6. The lowest BCUT2D eigenvalue weighted by Gasteiger charge is -2.41. The van der Waals surface area contributed by atoms with E-state index in [1.54, 1.807) is 0 Å². The number of pyridine rings is 1. The average molecular weight is 262 g/mol. The maximum absolute atomic E-state index is 11.9. The third-order valence-electron chi connectivity index (χ3n) is 4.03. The molecule has 0 aromatic carbocycles. The summed E-state index contributed by atoms with van der Waals surface area (Å²) in [7, 11) is 0. The van der Waals surface area contributed by atoms with Gasteiger partial charge in [-0.25, -0.2) is 4.79 Å². The monoisotopic (exact) mass is 262 g/mol. The summed E-state index contributed by atoms with van der Waals surface area (Å²) in [5.41, 5.74) is 0.604. The predicted molar refractivity (Wildman–Crippen MR) is 70.1 cm³/mol. The van der Waals surface area contributed by atoms with Crippen LogP contribution < -0.4 is 5.32 Å². The molecule has 0 unspecified atom stereocenters. The van der Waals surface area contributed by atoms with E-state index in [1.165, 1.54) is 24.8 Å². The summed E-state index contributed by atoms with van der Waals surface area (Å²) in [6.45, 7) is 2.82. The quantitative estimate of drug-likeness (QED) is 0.851. The molecule has 1 saturated carbocycles. The molecule has 1 aromatic rings. The smallest absolute Gasteiger partial charge is 0.337 e. The van der Waals surface area contributed by atoms with Crippen molar-refractivity contribution in [1.29, 1.82) is 0 Å². The largest absolute Gasteiger partial charge is 0.478 e. The number of amides is 1. The minimum atomic E-state index is -1.04. The van der Waals surface area contributed by atoms with Gasteiger partial charge in [-0.1, -0.05) is 13.3 Å². The van der Waals surface area contributed by atoms with E-state index in [1.807, 2.05) is 0 Å². The first-order valence-electron chi connectivity index (χ1n) is 6.54. The van der Waals surface area contributed by atoms with Crippen LogP contribution >= 0.6 is 0 Å². The number of carbonyl (C=O) groups is 2. The van der Waals surface area contributed by atoms with E-state index < -0.39 is 5.97 Å². The van der Waals surface area contributed by atoms with E-state index in [2.05, 4.69) is 17.2 Å². The number of nitrogens with one attached hydrogen (secondary N) is 1. The van der Waals surface area contributed by atoms with Crippen LogP contribution in [0.15, 0.2) is 18.3 Å². The second-order valence-corrected chi connectivity index (χ2v) is 5.13. The molecule has 102 valence electrons. The van der Waals surface area contributed by atoms with E-state index >= 15 is 0 Å². The highest BCUT2D eigenvalue weighted by Crippen LogP contribution is 2.43. The molecular weight excluding hydrogens is 244 g/mol. The Morgan fingerprint density at radius 3 is 2.58 bits per heavy atom. The van der Waals surface area contributed by atoms with Crippen molar-refractivity contribution < 1.29 is 14.7 Å². The highest BCUT2D eigenvalue weighted by atomic mass is 16.4. The van der Waals surface area contributed by atoms with E-state index in [0.29, 0.717) is 6.54 Å². The second-order valence-electron chi connectivity index (χ2n) is 5.13. The molecule has 0 bridgehead atoms. The van der Waals surface area contributed by atoms with Gasteiger partial charge in [-0.05, 0) is 36.8 Å². The first-order valence-corrected chi connectivity index (χ1v) is 6.54. The number of hydrogen-bond donors (Lipinski definition) is 2. The molecule has 5 nitrogen and oxygen atoms in total. The van der Waals surface area contributed by atoms with Crippen LogP contribution in [0, 0.1) is 5.41 Å². The molecule has 19 heavy (non-hydrogen) atoms. The number of hydrogen-bond acceptors (Lipinski definition) is 3. The van der Waals surface area contributed by atoms with Crippen molar-refractivity contribution >= 4 is 11.9 Å². The third-order valence-corrected chi connectivity index (χ3v) is 4.03. The Kier molecular flexibility index (Phi) is 3.83. The highest BCUT2D eigenvalue weighted by Gasteiger charge is 2.35. The molecule has 0 aliphatic heterocycles. The molecule has 1 aromatic heterocycles. The zero-order valence-electron chi connectivity index (χ0n) is 11.0. The summed E-state index contributed by atoms with van der Waals surface area (Å²) in [5.74, 6) is -1.28. The van der Waals surface area contributed by atoms with Crippen molar-refractivity contribution in [3.63, 3.8) is 0 Å². The Morgan fingerprint density at radius 1 is 1.42 bits per heavy atom. The van der Waals surface area contributed by atoms with E-state index in [0.717, 1.165) is 19.3 Å². The normalized spacial score (nSPS) is 16.5. The van der Waals surface area contributed by atoms with Crippen LogP contribution in [0.4, 0.5) is 0 Å². The lowest BCUT2D eigenvalue weighted by Crippen LogP contribution is -2.41. The second kappa shape index (κ2) is 5.38. The Morgan fingerprint density at radius 2 is 2.16 bits per heavy atom. The first-order chi connectivity index (χ1) is 9.06. The standard InChI is InChI=1S/C14H18N2O3/c1-2-14(6-3-7-14)9-16-12(17)11-5-4-10(8-15-11)13(18)19/h4-5,8H,2-3,6-7,9H2,1H3,(H,16,17)(H,18,19). The van der Waals surface area contributed by atoms with Crippen molar-refractivity contribution in [2.24, 2.45) is 5.41 Å². The number of aromatic carboxylic acids is 1. The summed E-state index contributed by atoms with van der Waals surface area (Å²) in [6.07, 6.45) is 5.83. The number of aromatic nitrogens is 1. The molecular formula is C14H18N2O3. The van der Waals surface area contributed by atoms with Gasteiger partial charge in [-0.15, -0.1) is 0 Å². The van der Waals surface area contributed by atoms with Gasteiger partial charge in [0.2, 0.25) is 0 Å². The van der Waals surface area contributed by atoms with Gasteiger partial charge in [0.05, 0.1) is 5.56 Å². The number of carbonyl (C=O) groups excluding carboxylic acids is 1. The molecule has 1 aliphatic carbocycles. The van der Waals surface area contributed by atoms with Crippen LogP contribution in [-0.4, -0.2) is 28.5 Å². The Bertz CT molecular complexity index is 472. The average Bonchev–Trinajstić information content (AvgIpc) is 2.38. The fourth-order valence-electron chi connectivity index (χ4n) is 2.35. The van der Waals surface area contributed by atoms with Crippen molar-refractivity contribution in [1.82, 2.24) is 10.3 Å². The van der Waals surface area contributed by atoms with Crippen LogP contribution in [0.25, 0.3) is 0 Å². The van der Waals surface area contributed by atoms with Gasteiger partial charge >= 0.3 is 5.97 Å². The summed E-state index contributed by atoms with van der Waals surface area (Å²) in [4.78, 5) is 26.5. The van der Waals surface area contributed by atoms with Gasteiger partial charge in [-0.2, -0.15) is 0 Å². The van der Waals surface area contributed by atoms with Crippen LogP contribution in [0.3, 0.4) is 0 Å². The molecule has 1 aliphatic rings. The number of nitrogens with zero attached hydrogens (tertiary/aromatic N) is 1. The van der Waals surface area contributed by atoms with Crippen molar-refractivity contribution in [2.75, 3.05) is 6.54 Å². The predicted octanol–water partition coefficient (Wildman–Crippen LogP) is 2.09.